The van der Waals surface area contributed by atoms with Crippen molar-refractivity contribution in [2.75, 3.05) is 9.80 Å². The number of carbonyl (C=O) groups is 1. The van der Waals surface area contributed by atoms with Crippen LogP contribution in [0, 0.1) is 0 Å². The fourth-order valence-electron chi connectivity index (χ4n) is 3.65. The Morgan fingerprint density at radius 1 is 0.750 bits per heavy atom. The standard InChI is InChI=1S/C26H27N5O/c1-21(32)31(20-24-16-10-5-11-17-24)25-27-26(29(2)28-25)30(18-22-12-6-3-7-13-22)19-23-14-8-4-9-15-23/h3-17H,18-20H2,1-2H3. The zero-order valence-electron chi connectivity index (χ0n) is 18.4. The van der Waals surface area contributed by atoms with Crippen LogP contribution in [0.4, 0.5) is 11.9 Å². The Balaban J connectivity index is 1.65. The van der Waals surface area contributed by atoms with Crippen molar-refractivity contribution in [2.45, 2.75) is 26.6 Å². The van der Waals surface area contributed by atoms with Crippen molar-refractivity contribution in [3.8, 4) is 0 Å². The highest BCUT2D eigenvalue weighted by molar-refractivity contribution is 5.89. The molecule has 0 fully saturated rings. The summed E-state index contributed by atoms with van der Waals surface area (Å²) < 4.78 is 1.75. The number of carbonyl (C=O) groups excluding carboxylic acids is 1. The van der Waals surface area contributed by atoms with Gasteiger partial charge in [-0.05, 0) is 16.7 Å². The number of benzene rings is 3. The lowest BCUT2D eigenvalue weighted by molar-refractivity contribution is -0.116. The molecule has 0 radical (unpaired) electrons. The van der Waals surface area contributed by atoms with Crippen LogP contribution in [0.5, 0.6) is 0 Å². The van der Waals surface area contributed by atoms with Crippen molar-refractivity contribution < 1.29 is 4.79 Å². The van der Waals surface area contributed by atoms with E-state index >= 15 is 0 Å². The molecule has 0 bridgehead atoms. The zero-order valence-corrected chi connectivity index (χ0v) is 18.4. The minimum absolute atomic E-state index is 0.0938. The first-order valence-corrected chi connectivity index (χ1v) is 10.7. The molecule has 6 nitrogen and oxygen atoms in total. The molecule has 1 amide bonds. The molecule has 0 atom stereocenters. The fourth-order valence-corrected chi connectivity index (χ4v) is 3.65. The highest BCUT2D eigenvalue weighted by atomic mass is 16.2. The van der Waals surface area contributed by atoms with Crippen LogP contribution >= 0.6 is 0 Å². The largest absolute Gasteiger partial charge is 0.332 e. The third-order valence-corrected chi connectivity index (χ3v) is 5.25. The number of amides is 1. The van der Waals surface area contributed by atoms with Gasteiger partial charge in [-0.3, -0.25) is 9.69 Å². The Morgan fingerprint density at radius 2 is 1.19 bits per heavy atom. The van der Waals surface area contributed by atoms with Crippen LogP contribution in [0.3, 0.4) is 0 Å². The van der Waals surface area contributed by atoms with Gasteiger partial charge in [0.1, 0.15) is 0 Å². The van der Waals surface area contributed by atoms with Gasteiger partial charge in [0.15, 0.2) is 0 Å². The molecule has 32 heavy (non-hydrogen) atoms. The first-order valence-electron chi connectivity index (χ1n) is 10.7. The number of hydrogen-bond acceptors (Lipinski definition) is 4. The van der Waals surface area contributed by atoms with Crippen molar-refractivity contribution in [1.29, 1.82) is 0 Å². The van der Waals surface area contributed by atoms with Gasteiger partial charge in [0.2, 0.25) is 11.9 Å². The average Bonchev–Trinajstić information content (AvgIpc) is 3.20. The summed E-state index contributed by atoms with van der Waals surface area (Å²) in [5.41, 5.74) is 3.39. The third kappa shape index (κ3) is 5.21. The van der Waals surface area contributed by atoms with Crippen LogP contribution in [-0.2, 0) is 31.5 Å². The molecule has 0 saturated heterocycles. The Labute approximate surface area is 188 Å². The predicted octanol–water partition coefficient (Wildman–Crippen LogP) is 4.58. The first-order chi connectivity index (χ1) is 15.6. The number of aromatic nitrogens is 3. The van der Waals surface area contributed by atoms with Crippen molar-refractivity contribution in [3.05, 3.63) is 108 Å². The summed E-state index contributed by atoms with van der Waals surface area (Å²) >= 11 is 0. The fraction of sp³-hybridized carbons (Fsp3) is 0.192. The van der Waals surface area contributed by atoms with E-state index in [4.69, 9.17) is 4.98 Å². The summed E-state index contributed by atoms with van der Waals surface area (Å²) in [4.78, 5) is 21.0. The van der Waals surface area contributed by atoms with Gasteiger partial charge in [-0.2, -0.15) is 4.98 Å². The molecule has 0 aliphatic heterocycles. The van der Waals surface area contributed by atoms with Crippen molar-refractivity contribution >= 4 is 17.8 Å². The second-order valence-electron chi connectivity index (χ2n) is 7.75. The van der Waals surface area contributed by atoms with E-state index in [9.17, 15) is 4.79 Å². The van der Waals surface area contributed by atoms with Gasteiger partial charge in [-0.1, -0.05) is 91.0 Å². The molecule has 1 aromatic heterocycles. The molecular weight excluding hydrogens is 398 g/mol. The van der Waals surface area contributed by atoms with Crippen LogP contribution in [0.2, 0.25) is 0 Å². The van der Waals surface area contributed by atoms with E-state index in [0.717, 1.165) is 5.56 Å². The van der Waals surface area contributed by atoms with Crippen LogP contribution < -0.4 is 9.80 Å². The Kier molecular flexibility index (Phi) is 6.60. The maximum Gasteiger partial charge on any atom is 0.253 e. The van der Waals surface area contributed by atoms with Gasteiger partial charge in [0.25, 0.3) is 5.95 Å². The van der Waals surface area contributed by atoms with Crippen molar-refractivity contribution in [1.82, 2.24) is 14.8 Å². The van der Waals surface area contributed by atoms with Crippen LogP contribution in [-0.4, -0.2) is 20.7 Å². The van der Waals surface area contributed by atoms with Gasteiger partial charge in [0, 0.05) is 27.1 Å². The summed E-state index contributed by atoms with van der Waals surface area (Å²) in [5, 5.41) is 4.60. The first kappa shape index (κ1) is 21.3. The minimum atomic E-state index is -0.0938. The molecule has 0 unspecified atom stereocenters. The summed E-state index contributed by atoms with van der Waals surface area (Å²) in [6, 6.07) is 30.5. The number of nitrogens with zero attached hydrogens (tertiary/aromatic N) is 5. The van der Waals surface area contributed by atoms with E-state index in [1.165, 1.54) is 11.1 Å². The van der Waals surface area contributed by atoms with E-state index in [1.807, 2.05) is 73.8 Å². The quantitative estimate of drug-likeness (QED) is 0.415. The second kappa shape index (κ2) is 9.92. The maximum atomic E-state index is 12.4. The predicted molar refractivity (Wildman–Crippen MR) is 127 cm³/mol. The highest BCUT2D eigenvalue weighted by Crippen LogP contribution is 2.22. The second-order valence-corrected chi connectivity index (χ2v) is 7.75. The van der Waals surface area contributed by atoms with Gasteiger partial charge < -0.3 is 4.90 Å². The number of aryl methyl sites for hydroxylation is 1. The van der Waals surface area contributed by atoms with E-state index in [2.05, 4.69) is 34.3 Å². The molecule has 4 rings (SSSR count). The van der Waals surface area contributed by atoms with Crippen LogP contribution in [0.25, 0.3) is 0 Å². The smallest absolute Gasteiger partial charge is 0.253 e. The van der Waals surface area contributed by atoms with E-state index in [-0.39, 0.29) is 5.91 Å². The molecule has 3 aromatic carbocycles. The average molecular weight is 426 g/mol. The lowest BCUT2D eigenvalue weighted by atomic mass is 10.2. The monoisotopic (exact) mass is 425 g/mol. The summed E-state index contributed by atoms with van der Waals surface area (Å²) in [6.45, 7) is 3.34. The van der Waals surface area contributed by atoms with Gasteiger partial charge in [-0.15, -0.1) is 5.10 Å². The van der Waals surface area contributed by atoms with Gasteiger partial charge in [-0.25, -0.2) is 4.68 Å². The van der Waals surface area contributed by atoms with Crippen molar-refractivity contribution in [3.63, 3.8) is 0 Å². The summed E-state index contributed by atoms with van der Waals surface area (Å²) in [5.74, 6) is 1.03. The molecule has 6 heteroatoms. The van der Waals surface area contributed by atoms with Crippen LogP contribution in [0.15, 0.2) is 91.0 Å². The van der Waals surface area contributed by atoms with Gasteiger partial charge in [0.05, 0.1) is 6.54 Å². The zero-order chi connectivity index (χ0) is 22.3. The molecule has 0 aliphatic carbocycles. The SMILES string of the molecule is CC(=O)N(Cc1ccccc1)c1nc(N(Cc2ccccc2)Cc2ccccc2)n(C)n1. The van der Waals surface area contributed by atoms with E-state index in [1.54, 1.807) is 16.5 Å². The number of rotatable bonds is 8. The third-order valence-electron chi connectivity index (χ3n) is 5.25. The minimum Gasteiger partial charge on any atom is -0.332 e. The van der Waals surface area contributed by atoms with E-state index in [0.29, 0.717) is 31.5 Å². The lowest BCUT2D eigenvalue weighted by Gasteiger charge is -2.23. The molecule has 1 heterocycles. The molecule has 162 valence electrons. The van der Waals surface area contributed by atoms with Crippen LogP contribution in [0.1, 0.15) is 23.6 Å². The summed E-state index contributed by atoms with van der Waals surface area (Å²) in [7, 11) is 1.87. The van der Waals surface area contributed by atoms with Gasteiger partial charge >= 0.3 is 0 Å². The topological polar surface area (TPSA) is 54.3 Å². The Bertz CT molecular complexity index is 1100. The van der Waals surface area contributed by atoms with E-state index < -0.39 is 0 Å². The molecule has 4 aromatic rings. The molecule has 0 N–H and O–H groups in total. The normalized spacial score (nSPS) is 10.7. The highest BCUT2D eigenvalue weighted by Gasteiger charge is 2.22. The molecule has 0 aliphatic rings. The maximum absolute atomic E-state index is 12.4. The molecule has 0 saturated carbocycles. The lowest BCUT2D eigenvalue weighted by Crippen LogP contribution is -2.29. The molecular formula is C26H27N5O. The molecule has 0 spiro atoms. The Morgan fingerprint density at radius 3 is 1.62 bits per heavy atom. The van der Waals surface area contributed by atoms with Crippen molar-refractivity contribution in [2.24, 2.45) is 7.05 Å². The number of hydrogen-bond donors (Lipinski definition) is 0. The Hall–Kier alpha value is -3.93. The number of anilines is 2. The summed E-state index contributed by atoms with van der Waals surface area (Å²) in [6.07, 6.45) is 0.